The monoisotopic (exact) mass is 268 g/mol. The lowest BCUT2D eigenvalue weighted by atomic mass is 10.0. The fraction of sp³-hybridized carbons (Fsp3) is 0.462. The largest absolute Gasteiger partial charge is 0.378 e. The number of fused-ring (bicyclic) bond motifs is 2. The average Bonchev–Trinajstić information content (AvgIpc) is 2.83. The summed E-state index contributed by atoms with van der Waals surface area (Å²) in [7, 11) is 0. The molecule has 0 saturated carbocycles. The number of amides is 1. The van der Waals surface area contributed by atoms with E-state index < -0.39 is 11.6 Å². The standard InChI is InChI=1S/C13H14F2N2O2/c1-2-17-10-6-19-5-7(10)13(18)16-9-4-3-8(14)11(15)12(9)17/h3-4,7,10H,2,5-6H2,1H3,(H,16,18). The van der Waals surface area contributed by atoms with Gasteiger partial charge >= 0.3 is 0 Å². The molecule has 2 heterocycles. The summed E-state index contributed by atoms with van der Waals surface area (Å²) in [5.74, 6) is -2.39. The zero-order valence-corrected chi connectivity index (χ0v) is 10.5. The van der Waals surface area contributed by atoms with Crippen LogP contribution in [0.25, 0.3) is 0 Å². The van der Waals surface area contributed by atoms with E-state index in [2.05, 4.69) is 5.32 Å². The number of carbonyl (C=O) groups excluding carboxylic acids is 1. The van der Waals surface area contributed by atoms with Crippen molar-refractivity contribution in [3.63, 3.8) is 0 Å². The summed E-state index contributed by atoms with van der Waals surface area (Å²) in [6, 6.07) is 2.18. The predicted octanol–water partition coefficient (Wildman–Crippen LogP) is 1.76. The maximum absolute atomic E-state index is 14.1. The minimum Gasteiger partial charge on any atom is -0.378 e. The van der Waals surface area contributed by atoms with E-state index in [1.807, 2.05) is 6.92 Å². The number of hydrogen-bond acceptors (Lipinski definition) is 3. The van der Waals surface area contributed by atoms with Crippen LogP contribution in [0.2, 0.25) is 0 Å². The molecular weight excluding hydrogens is 254 g/mol. The molecule has 0 spiro atoms. The first-order chi connectivity index (χ1) is 9.13. The number of halogens is 2. The van der Waals surface area contributed by atoms with Crippen molar-refractivity contribution >= 4 is 17.3 Å². The number of rotatable bonds is 1. The number of ether oxygens (including phenoxy) is 1. The molecule has 2 aliphatic rings. The Morgan fingerprint density at radius 3 is 2.95 bits per heavy atom. The fourth-order valence-electron chi connectivity index (χ4n) is 2.81. The van der Waals surface area contributed by atoms with Crippen LogP contribution in [-0.4, -0.2) is 31.7 Å². The van der Waals surface area contributed by atoms with Crippen LogP contribution >= 0.6 is 0 Å². The molecule has 1 aromatic rings. The highest BCUT2D eigenvalue weighted by molar-refractivity contribution is 5.98. The summed E-state index contributed by atoms with van der Waals surface area (Å²) in [6.07, 6.45) is 0. The minimum atomic E-state index is -0.924. The minimum absolute atomic E-state index is 0.119. The van der Waals surface area contributed by atoms with Crippen LogP contribution in [0.5, 0.6) is 0 Å². The van der Waals surface area contributed by atoms with Gasteiger partial charge in [0.2, 0.25) is 5.91 Å². The van der Waals surface area contributed by atoms with Crippen LogP contribution in [0.4, 0.5) is 20.2 Å². The summed E-state index contributed by atoms with van der Waals surface area (Å²) in [5.41, 5.74) is 0.439. The lowest BCUT2D eigenvalue weighted by Gasteiger charge is -2.30. The molecule has 4 nitrogen and oxygen atoms in total. The van der Waals surface area contributed by atoms with E-state index in [0.29, 0.717) is 25.4 Å². The molecular formula is C13H14F2N2O2. The highest BCUT2D eigenvalue weighted by atomic mass is 19.2. The smallest absolute Gasteiger partial charge is 0.232 e. The van der Waals surface area contributed by atoms with Gasteiger partial charge in [-0.3, -0.25) is 4.79 Å². The number of hydrogen-bond donors (Lipinski definition) is 1. The molecule has 2 atom stereocenters. The van der Waals surface area contributed by atoms with E-state index in [4.69, 9.17) is 4.74 Å². The normalized spacial score (nSPS) is 25.6. The Morgan fingerprint density at radius 2 is 2.21 bits per heavy atom. The molecule has 0 aliphatic carbocycles. The van der Waals surface area contributed by atoms with E-state index in [9.17, 15) is 13.6 Å². The van der Waals surface area contributed by atoms with Gasteiger partial charge in [-0.25, -0.2) is 8.78 Å². The van der Waals surface area contributed by atoms with Crippen molar-refractivity contribution < 1.29 is 18.3 Å². The second kappa shape index (κ2) is 4.45. The average molecular weight is 268 g/mol. The van der Waals surface area contributed by atoms with Gasteiger partial charge in [-0.2, -0.15) is 0 Å². The molecule has 1 aromatic carbocycles. The lowest BCUT2D eigenvalue weighted by Crippen LogP contribution is -2.42. The Bertz CT molecular complexity index is 536. The Morgan fingerprint density at radius 1 is 1.42 bits per heavy atom. The third kappa shape index (κ3) is 1.78. The number of nitrogens with zero attached hydrogens (tertiary/aromatic N) is 1. The predicted molar refractivity (Wildman–Crippen MR) is 66.1 cm³/mol. The number of nitrogens with one attached hydrogen (secondary N) is 1. The van der Waals surface area contributed by atoms with Crippen LogP contribution in [0.3, 0.4) is 0 Å². The van der Waals surface area contributed by atoms with Gasteiger partial charge < -0.3 is 15.0 Å². The Hall–Kier alpha value is -1.69. The summed E-state index contributed by atoms with van der Waals surface area (Å²) in [6.45, 7) is 2.98. The van der Waals surface area contributed by atoms with E-state index >= 15 is 0 Å². The summed E-state index contributed by atoms with van der Waals surface area (Å²) in [4.78, 5) is 13.8. The molecule has 2 aliphatic heterocycles. The zero-order chi connectivity index (χ0) is 13.6. The van der Waals surface area contributed by atoms with E-state index in [1.54, 1.807) is 4.90 Å². The maximum atomic E-state index is 14.1. The molecule has 3 rings (SSSR count). The van der Waals surface area contributed by atoms with Crippen molar-refractivity contribution in [3.05, 3.63) is 23.8 Å². The van der Waals surface area contributed by atoms with Gasteiger partial charge in [-0.15, -0.1) is 0 Å². The second-order valence-corrected chi connectivity index (χ2v) is 4.74. The molecule has 2 unspecified atom stereocenters. The van der Waals surface area contributed by atoms with Crippen molar-refractivity contribution in [2.24, 2.45) is 5.92 Å². The molecule has 0 bridgehead atoms. The Kier molecular flexibility index (Phi) is 2.89. The van der Waals surface area contributed by atoms with Crippen LogP contribution in [0.15, 0.2) is 12.1 Å². The molecule has 0 radical (unpaired) electrons. The van der Waals surface area contributed by atoms with Crippen molar-refractivity contribution in [1.29, 1.82) is 0 Å². The van der Waals surface area contributed by atoms with E-state index in [-0.39, 0.29) is 23.6 Å². The Balaban J connectivity index is 2.17. The molecule has 19 heavy (non-hydrogen) atoms. The van der Waals surface area contributed by atoms with Crippen LogP contribution in [0.1, 0.15) is 6.92 Å². The molecule has 1 fully saturated rings. The van der Waals surface area contributed by atoms with Gasteiger partial charge in [0.1, 0.15) is 5.69 Å². The summed E-state index contributed by atoms with van der Waals surface area (Å²) < 4.78 is 32.8. The highest BCUT2D eigenvalue weighted by Crippen LogP contribution is 2.38. The van der Waals surface area contributed by atoms with Crippen molar-refractivity contribution in [2.75, 3.05) is 30.0 Å². The lowest BCUT2D eigenvalue weighted by molar-refractivity contribution is -0.120. The first-order valence-electron chi connectivity index (χ1n) is 6.26. The SMILES string of the molecule is CCN1c2c(ccc(F)c2F)NC(=O)C2COCC21. The molecule has 1 amide bonds. The number of anilines is 2. The first kappa shape index (κ1) is 12.3. The first-order valence-corrected chi connectivity index (χ1v) is 6.26. The summed E-state index contributed by atoms with van der Waals surface area (Å²) in [5, 5.41) is 2.66. The van der Waals surface area contributed by atoms with E-state index in [0.717, 1.165) is 6.07 Å². The summed E-state index contributed by atoms with van der Waals surface area (Å²) >= 11 is 0. The van der Waals surface area contributed by atoms with Gasteiger partial charge in [0.05, 0.1) is 30.9 Å². The number of likely N-dealkylation sites (N-methyl/N-ethyl adjacent to an activating group) is 1. The zero-order valence-electron chi connectivity index (χ0n) is 10.5. The number of benzene rings is 1. The third-order valence-corrected chi connectivity index (χ3v) is 3.74. The van der Waals surface area contributed by atoms with Gasteiger partial charge in [-0.05, 0) is 19.1 Å². The molecule has 6 heteroatoms. The quantitative estimate of drug-likeness (QED) is 0.843. The molecule has 1 saturated heterocycles. The van der Waals surface area contributed by atoms with Crippen LogP contribution in [0, 0.1) is 17.6 Å². The van der Waals surface area contributed by atoms with Gasteiger partial charge in [-0.1, -0.05) is 0 Å². The Labute approximate surface area is 109 Å². The van der Waals surface area contributed by atoms with Crippen molar-refractivity contribution in [3.8, 4) is 0 Å². The maximum Gasteiger partial charge on any atom is 0.232 e. The number of carbonyl (C=O) groups is 1. The molecule has 102 valence electrons. The van der Waals surface area contributed by atoms with Gasteiger partial charge in [0.25, 0.3) is 0 Å². The van der Waals surface area contributed by atoms with Crippen molar-refractivity contribution in [1.82, 2.24) is 0 Å². The topological polar surface area (TPSA) is 41.6 Å². The molecule has 0 aromatic heterocycles. The van der Waals surface area contributed by atoms with Gasteiger partial charge in [0.15, 0.2) is 11.6 Å². The van der Waals surface area contributed by atoms with Crippen LogP contribution in [-0.2, 0) is 9.53 Å². The second-order valence-electron chi connectivity index (χ2n) is 4.74. The van der Waals surface area contributed by atoms with Crippen LogP contribution < -0.4 is 10.2 Å². The van der Waals surface area contributed by atoms with Crippen molar-refractivity contribution in [2.45, 2.75) is 13.0 Å². The highest BCUT2D eigenvalue weighted by Gasteiger charge is 2.42. The fourth-order valence-corrected chi connectivity index (χ4v) is 2.81. The third-order valence-electron chi connectivity index (χ3n) is 3.74. The van der Waals surface area contributed by atoms with Gasteiger partial charge in [0, 0.05) is 6.54 Å². The van der Waals surface area contributed by atoms with E-state index in [1.165, 1.54) is 6.07 Å². The molecule has 1 N–H and O–H groups in total.